The average Bonchev–Trinajstić information content (AvgIpc) is 3.03. The van der Waals surface area contributed by atoms with Gasteiger partial charge in [-0.05, 0) is 24.7 Å². The lowest BCUT2D eigenvalue weighted by Gasteiger charge is -2.44. The number of nitrogens with zero attached hydrogens (tertiary/aromatic N) is 2. The second-order valence-corrected chi connectivity index (χ2v) is 7.82. The number of hydrogen-bond donors (Lipinski definition) is 0. The van der Waals surface area contributed by atoms with Gasteiger partial charge in [-0.2, -0.15) is 18.3 Å². The number of carbonyl (C=O) groups is 1. The van der Waals surface area contributed by atoms with Crippen LogP contribution in [-0.2, 0) is 17.5 Å². The summed E-state index contributed by atoms with van der Waals surface area (Å²) in [6.45, 7) is 4.59. The van der Waals surface area contributed by atoms with E-state index < -0.39 is 47.6 Å². The summed E-state index contributed by atoms with van der Waals surface area (Å²) in [5.41, 5.74) is -2.85. The maximum absolute atomic E-state index is 13.7. The maximum atomic E-state index is 13.7. The van der Waals surface area contributed by atoms with E-state index in [1.165, 1.54) is 6.92 Å². The Labute approximate surface area is 147 Å². The second kappa shape index (κ2) is 5.92. The lowest BCUT2D eigenvalue weighted by Crippen LogP contribution is -2.47. The van der Waals surface area contributed by atoms with Gasteiger partial charge in [0.15, 0.2) is 5.69 Å². The molecule has 0 aromatic carbocycles. The van der Waals surface area contributed by atoms with Crippen molar-refractivity contribution in [1.82, 2.24) is 9.78 Å². The Hall–Kier alpha value is -1.67. The molecule has 0 aliphatic heterocycles. The minimum Gasteiger partial charge on any atom is -0.461 e. The van der Waals surface area contributed by atoms with E-state index in [9.17, 15) is 26.7 Å². The number of alkyl halides is 5. The molecule has 0 radical (unpaired) electrons. The van der Waals surface area contributed by atoms with E-state index in [0.29, 0.717) is 6.42 Å². The minimum atomic E-state index is -4.78. The first-order valence-electron chi connectivity index (χ1n) is 8.60. The summed E-state index contributed by atoms with van der Waals surface area (Å²) < 4.78 is 73.4. The first kappa shape index (κ1) is 19.1. The molecule has 0 bridgehead atoms. The molecule has 4 nitrogen and oxygen atoms in total. The van der Waals surface area contributed by atoms with E-state index >= 15 is 0 Å². The van der Waals surface area contributed by atoms with Crippen molar-refractivity contribution in [3.05, 3.63) is 17.0 Å². The molecular weight excluding hydrogens is 359 g/mol. The second-order valence-electron chi connectivity index (χ2n) is 7.82. The summed E-state index contributed by atoms with van der Waals surface area (Å²) in [5.74, 6) is -4.29. The number of rotatable bonds is 5. The van der Waals surface area contributed by atoms with Crippen molar-refractivity contribution in [2.45, 2.75) is 64.6 Å². The Kier molecular flexibility index (Phi) is 4.35. The fourth-order valence-corrected chi connectivity index (χ4v) is 3.91. The predicted octanol–water partition coefficient (Wildman–Crippen LogP) is 4.64. The molecular formula is C17H21F5N2O2. The van der Waals surface area contributed by atoms with Crippen molar-refractivity contribution in [3.63, 3.8) is 0 Å². The Morgan fingerprint density at radius 2 is 1.92 bits per heavy atom. The van der Waals surface area contributed by atoms with Crippen LogP contribution in [0.4, 0.5) is 22.0 Å². The zero-order chi connectivity index (χ0) is 19.5. The van der Waals surface area contributed by atoms with Crippen molar-refractivity contribution in [3.8, 4) is 0 Å². The Morgan fingerprint density at radius 1 is 1.35 bits per heavy atom. The highest BCUT2D eigenvalue weighted by Gasteiger charge is 2.55. The van der Waals surface area contributed by atoms with Crippen LogP contribution in [0.3, 0.4) is 0 Å². The molecule has 1 unspecified atom stereocenters. The van der Waals surface area contributed by atoms with Crippen LogP contribution in [0.25, 0.3) is 0 Å². The average molecular weight is 380 g/mol. The predicted molar refractivity (Wildman–Crippen MR) is 82.0 cm³/mol. The molecule has 2 aliphatic rings. The largest absolute Gasteiger partial charge is 0.461 e. The SMILES string of the molecule is CCOC(=O)c1c(C(F)(F)F)c(C2C[C@@H]2C)nn1CC1(C)CC(F)(F)C1. The smallest absolute Gasteiger partial charge is 0.420 e. The van der Waals surface area contributed by atoms with Crippen LogP contribution in [0.15, 0.2) is 0 Å². The number of ether oxygens (including phenoxy) is 1. The minimum absolute atomic E-state index is 0.0399. The van der Waals surface area contributed by atoms with Crippen molar-refractivity contribution in [1.29, 1.82) is 0 Å². The molecule has 26 heavy (non-hydrogen) atoms. The first-order chi connectivity index (χ1) is 11.9. The normalized spacial score (nSPS) is 26.3. The molecule has 0 spiro atoms. The summed E-state index contributed by atoms with van der Waals surface area (Å²) in [5, 5.41) is 4.06. The van der Waals surface area contributed by atoms with Gasteiger partial charge in [-0.25, -0.2) is 13.6 Å². The quantitative estimate of drug-likeness (QED) is 0.552. The number of hydrogen-bond acceptors (Lipinski definition) is 3. The van der Waals surface area contributed by atoms with Gasteiger partial charge in [-0.3, -0.25) is 4.68 Å². The van der Waals surface area contributed by atoms with Gasteiger partial charge in [0.1, 0.15) is 5.56 Å². The standard InChI is InChI=1S/C17H21F5N2O2/c1-4-26-14(25)13-11(17(20,21)22)12(10-5-9(10)2)23-24(13)8-15(3)6-16(18,19)7-15/h9-10H,4-8H2,1-3H3/t9-,10?/m0/s1. The zero-order valence-corrected chi connectivity index (χ0v) is 14.8. The van der Waals surface area contributed by atoms with Gasteiger partial charge < -0.3 is 4.74 Å². The van der Waals surface area contributed by atoms with Crippen molar-refractivity contribution < 1.29 is 31.5 Å². The van der Waals surface area contributed by atoms with Crippen LogP contribution in [0, 0.1) is 11.3 Å². The molecule has 1 aromatic heterocycles. The molecule has 2 fully saturated rings. The molecule has 0 N–H and O–H groups in total. The van der Waals surface area contributed by atoms with Crippen LogP contribution < -0.4 is 0 Å². The monoisotopic (exact) mass is 380 g/mol. The summed E-state index contributed by atoms with van der Waals surface area (Å²) in [6.07, 6.45) is -5.11. The molecule has 0 amide bonds. The third-order valence-corrected chi connectivity index (χ3v) is 5.09. The van der Waals surface area contributed by atoms with E-state index in [2.05, 4.69) is 5.10 Å². The summed E-state index contributed by atoms with van der Waals surface area (Å²) >= 11 is 0. The fourth-order valence-electron chi connectivity index (χ4n) is 3.91. The molecule has 3 rings (SSSR count). The highest BCUT2D eigenvalue weighted by molar-refractivity contribution is 5.90. The molecule has 146 valence electrons. The summed E-state index contributed by atoms with van der Waals surface area (Å²) in [4.78, 5) is 12.3. The molecule has 0 saturated heterocycles. The van der Waals surface area contributed by atoms with Gasteiger partial charge in [0.05, 0.1) is 12.3 Å². The van der Waals surface area contributed by atoms with Crippen molar-refractivity contribution in [2.75, 3.05) is 6.61 Å². The van der Waals surface area contributed by atoms with E-state index in [1.54, 1.807) is 6.92 Å². The van der Waals surface area contributed by atoms with Crippen LogP contribution in [-0.4, -0.2) is 28.3 Å². The van der Waals surface area contributed by atoms with Crippen LogP contribution in [0.1, 0.15) is 67.7 Å². The Morgan fingerprint density at radius 3 is 2.35 bits per heavy atom. The Bertz CT molecular complexity index is 717. The van der Waals surface area contributed by atoms with Gasteiger partial charge in [0.2, 0.25) is 5.92 Å². The fraction of sp³-hybridized carbons (Fsp3) is 0.765. The molecule has 2 saturated carbocycles. The molecule has 2 atom stereocenters. The highest BCUT2D eigenvalue weighted by Crippen LogP contribution is 2.54. The highest BCUT2D eigenvalue weighted by atomic mass is 19.4. The van der Waals surface area contributed by atoms with Crippen molar-refractivity contribution in [2.24, 2.45) is 11.3 Å². The van der Waals surface area contributed by atoms with Gasteiger partial charge >= 0.3 is 12.1 Å². The Balaban J connectivity index is 2.05. The third-order valence-electron chi connectivity index (χ3n) is 5.09. The van der Waals surface area contributed by atoms with E-state index in [-0.39, 0.29) is 30.7 Å². The van der Waals surface area contributed by atoms with E-state index in [4.69, 9.17) is 4.74 Å². The van der Waals surface area contributed by atoms with Gasteiger partial charge in [-0.15, -0.1) is 0 Å². The molecule has 1 heterocycles. The van der Waals surface area contributed by atoms with Crippen molar-refractivity contribution >= 4 is 5.97 Å². The third kappa shape index (κ3) is 3.44. The van der Waals surface area contributed by atoms with E-state index in [1.807, 2.05) is 6.92 Å². The molecule has 1 aromatic rings. The van der Waals surface area contributed by atoms with E-state index in [0.717, 1.165) is 4.68 Å². The molecule has 9 heteroatoms. The summed E-state index contributed by atoms with van der Waals surface area (Å²) in [7, 11) is 0. The summed E-state index contributed by atoms with van der Waals surface area (Å²) in [6, 6.07) is 0. The number of halogens is 5. The van der Waals surface area contributed by atoms with Crippen LogP contribution in [0.5, 0.6) is 0 Å². The van der Waals surface area contributed by atoms with Gasteiger partial charge in [-0.1, -0.05) is 13.8 Å². The maximum Gasteiger partial charge on any atom is 0.420 e. The van der Waals surface area contributed by atoms with Crippen LogP contribution >= 0.6 is 0 Å². The number of esters is 1. The first-order valence-corrected chi connectivity index (χ1v) is 8.60. The number of carbonyl (C=O) groups excluding carboxylic acids is 1. The van der Waals surface area contributed by atoms with Crippen LogP contribution in [0.2, 0.25) is 0 Å². The number of aromatic nitrogens is 2. The molecule has 2 aliphatic carbocycles. The van der Waals surface area contributed by atoms with Gasteiger partial charge in [0, 0.05) is 25.3 Å². The van der Waals surface area contributed by atoms with Gasteiger partial charge in [0.25, 0.3) is 0 Å². The zero-order valence-electron chi connectivity index (χ0n) is 14.8. The lowest BCUT2D eigenvalue weighted by molar-refractivity contribution is -0.160. The lowest BCUT2D eigenvalue weighted by atomic mass is 9.67. The topological polar surface area (TPSA) is 44.1 Å².